The molecular weight excluding hydrogens is 172 g/mol. The summed E-state index contributed by atoms with van der Waals surface area (Å²) in [5, 5.41) is 0. The molecule has 1 nitrogen and oxygen atoms in total. The Morgan fingerprint density at radius 1 is 1.14 bits per heavy atom. The molecule has 0 radical (unpaired) electrons. The Morgan fingerprint density at radius 2 is 1.86 bits per heavy atom. The van der Waals surface area contributed by atoms with Gasteiger partial charge in [-0.2, -0.15) is 0 Å². The predicted octanol–water partition coefficient (Wildman–Crippen LogP) is 4.05. The summed E-state index contributed by atoms with van der Waals surface area (Å²) in [5.74, 6) is 0. The predicted molar refractivity (Wildman–Crippen MR) is 62.3 cm³/mol. The van der Waals surface area contributed by atoms with E-state index in [1.165, 1.54) is 11.1 Å². The maximum Gasteiger partial charge on any atom is 0.120 e. The van der Waals surface area contributed by atoms with Gasteiger partial charge in [0.25, 0.3) is 0 Å². The first-order valence-electron chi connectivity index (χ1n) is 5.53. The van der Waals surface area contributed by atoms with E-state index in [1.807, 2.05) is 0 Å². The topological polar surface area (TPSA) is 17.1 Å². The minimum atomic E-state index is 0.658. The van der Waals surface area contributed by atoms with Gasteiger partial charge in [0.1, 0.15) is 6.29 Å². The van der Waals surface area contributed by atoms with Crippen LogP contribution in [-0.2, 0) is 4.79 Å². The maximum absolute atomic E-state index is 10.3. The van der Waals surface area contributed by atoms with Crippen molar-refractivity contribution >= 4 is 6.29 Å². The van der Waals surface area contributed by atoms with Crippen LogP contribution in [0.1, 0.15) is 52.9 Å². The number of carbonyl (C=O) groups excluding carboxylic acids is 1. The van der Waals surface area contributed by atoms with E-state index in [-0.39, 0.29) is 0 Å². The van der Waals surface area contributed by atoms with Gasteiger partial charge in [0.05, 0.1) is 0 Å². The molecule has 0 aromatic rings. The summed E-state index contributed by atoms with van der Waals surface area (Å²) >= 11 is 0. The van der Waals surface area contributed by atoms with Crippen molar-refractivity contribution in [1.82, 2.24) is 0 Å². The van der Waals surface area contributed by atoms with E-state index < -0.39 is 0 Å². The van der Waals surface area contributed by atoms with Crippen molar-refractivity contribution in [2.45, 2.75) is 52.9 Å². The highest BCUT2D eigenvalue weighted by atomic mass is 16.1. The fraction of sp³-hybridized carbons (Fsp3) is 0.615. The maximum atomic E-state index is 10.3. The SMILES string of the molecule is CCC/C(=C\C=C(\C)CC)CCC=O. The van der Waals surface area contributed by atoms with Crippen molar-refractivity contribution in [1.29, 1.82) is 0 Å². The fourth-order valence-corrected chi connectivity index (χ4v) is 1.24. The molecule has 0 aliphatic rings. The van der Waals surface area contributed by atoms with Crippen molar-refractivity contribution in [3.8, 4) is 0 Å². The second kappa shape index (κ2) is 8.74. The van der Waals surface area contributed by atoms with Crippen LogP contribution in [0.5, 0.6) is 0 Å². The van der Waals surface area contributed by atoms with Crippen LogP contribution in [0.2, 0.25) is 0 Å². The first-order chi connectivity index (χ1) is 6.74. The summed E-state index contributed by atoms with van der Waals surface area (Å²) in [7, 11) is 0. The second-order valence-electron chi connectivity index (χ2n) is 3.65. The van der Waals surface area contributed by atoms with Crippen molar-refractivity contribution in [3.05, 3.63) is 23.3 Å². The molecule has 0 aromatic carbocycles. The minimum absolute atomic E-state index is 0.658. The molecule has 0 saturated carbocycles. The molecule has 0 rings (SSSR count). The lowest BCUT2D eigenvalue weighted by Gasteiger charge is -2.02. The van der Waals surface area contributed by atoms with Gasteiger partial charge in [-0.1, -0.05) is 43.6 Å². The number of aldehydes is 1. The Morgan fingerprint density at radius 3 is 2.36 bits per heavy atom. The van der Waals surface area contributed by atoms with Gasteiger partial charge in [-0.3, -0.25) is 0 Å². The number of hydrogen-bond acceptors (Lipinski definition) is 1. The number of hydrogen-bond donors (Lipinski definition) is 0. The molecule has 0 N–H and O–H groups in total. The Labute approximate surface area is 87.9 Å². The van der Waals surface area contributed by atoms with Gasteiger partial charge in [0, 0.05) is 6.42 Å². The van der Waals surface area contributed by atoms with E-state index in [2.05, 4.69) is 32.9 Å². The summed E-state index contributed by atoms with van der Waals surface area (Å²) in [6.07, 6.45) is 10.3. The van der Waals surface area contributed by atoms with Crippen LogP contribution >= 0.6 is 0 Å². The average Bonchev–Trinajstić information content (AvgIpc) is 2.21. The van der Waals surface area contributed by atoms with Crippen LogP contribution in [-0.4, -0.2) is 6.29 Å². The zero-order valence-corrected chi connectivity index (χ0v) is 9.68. The molecular formula is C13H22O. The standard InChI is InChI=1S/C13H22O/c1-4-7-13(8-6-11-14)10-9-12(3)5-2/h9-11H,4-8H2,1-3H3/b12-9-,13-10+. The van der Waals surface area contributed by atoms with Crippen molar-refractivity contribution in [2.75, 3.05) is 0 Å². The molecule has 0 aliphatic carbocycles. The second-order valence-corrected chi connectivity index (χ2v) is 3.65. The van der Waals surface area contributed by atoms with Crippen molar-refractivity contribution < 1.29 is 4.79 Å². The lowest BCUT2D eigenvalue weighted by molar-refractivity contribution is -0.107. The summed E-state index contributed by atoms with van der Waals surface area (Å²) in [5.41, 5.74) is 2.79. The molecule has 0 heterocycles. The number of carbonyl (C=O) groups is 1. The third-order valence-electron chi connectivity index (χ3n) is 2.32. The molecule has 0 aliphatic heterocycles. The normalized spacial score (nSPS) is 13.1. The Balaban J connectivity index is 4.23. The molecule has 0 atom stereocenters. The molecule has 0 saturated heterocycles. The van der Waals surface area contributed by atoms with Crippen molar-refractivity contribution in [3.63, 3.8) is 0 Å². The summed E-state index contributed by atoms with van der Waals surface area (Å²) in [4.78, 5) is 10.3. The van der Waals surface area contributed by atoms with Crippen LogP contribution < -0.4 is 0 Å². The fourth-order valence-electron chi connectivity index (χ4n) is 1.24. The van der Waals surface area contributed by atoms with E-state index >= 15 is 0 Å². The highest BCUT2D eigenvalue weighted by molar-refractivity contribution is 5.49. The van der Waals surface area contributed by atoms with Gasteiger partial charge in [0.2, 0.25) is 0 Å². The van der Waals surface area contributed by atoms with Crippen LogP contribution in [0.4, 0.5) is 0 Å². The van der Waals surface area contributed by atoms with Crippen LogP contribution in [0, 0.1) is 0 Å². The number of rotatable bonds is 7. The zero-order chi connectivity index (χ0) is 10.8. The highest BCUT2D eigenvalue weighted by Crippen LogP contribution is 2.12. The Kier molecular flexibility index (Phi) is 8.20. The van der Waals surface area contributed by atoms with E-state index in [0.29, 0.717) is 6.42 Å². The summed E-state index contributed by atoms with van der Waals surface area (Å²) < 4.78 is 0. The number of allylic oxidation sites excluding steroid dienone is 4. The van der Waals surface area contributed by atoms with Gasteiger partial charge < -0.3 is 4.79 Å². The third kappa shape index (κ3) is 6.64. The van der Waals surface area contributed by atoms with Gasteiger partial charge >= 0.3 is 0 Å². The molecule has 80 valence electrons. The lowest BCUT2D eigenvalue weighted by Crippen LogP contribution is -1.85. The van der Waals surface area contributed by atoms with Gasteiger partial charge in [0.15, 0.2) is 0 Å². The first-order valence-corrected chi connectivity index (χ1v) is 5.53. The third-order valence-corrected chi connectivity index (χ3v) is 2.32. The van der Waals surface area contributed by atoms with E-state index in [9.17, 15) is 4.79 Å². The van der Waals surface area contributed by atoms with Crippen LogP contribution in [0.25, 0.3) is 0 Å². The monoisotopic (exact) mass is 194 g/mol. The van der Waals surface area contributed by atoms with E-state index in [1.54, 1.807) is 0 Å². The molecule has 0 amide bonds. The smallest absolute Gasteiger partial charge is 0.120 e. The summed E-state index contributed by atoms with van der Waals surface area (Å²) in [6, 6.07) is 0. The summed E-state index contributed by atoms with van der Waals surface area (Å²) in [6.45, 7) is 6.47. The van der Waals surface area contributed by atoms with E-state index in [0.717, 1.165) is 32.0 Å². The first kappa shape index (κ1) is 13.2. The quantitative estimate of drug-likeness (QED) is 0.441. The molecule has 0 aromatic heterocycles. The molecule has 0 fully saturated rings. The molecule has 0 spiro atoms. The largest absolute Gasteiger partial charge is 0.303 e. The van der Waals surface area contributed by atoms with Crippen LogP contribution in [0.15, 0.2) is 23.3 Å². The minimum Gasteiger partial charge on any atom is -0.303 e. The molecule has 0 unspecified atom stereocenters. The van der Waals surface area contributed by atoms with Gasteiger partial charge in [-0.05, 0) is 26.2 Å². The Bertz CT molecular complexity index is 211. The zero-order valence-electron chi connectivity index (χ0n) is 9.68. The highest BCUT2D eigenvalue weighted by Gasteiger charge is 1.94. The van der Waals surface area contributed by atoms with E-state index in [4.69, 9.17) is 0 Å². The van der Waals surface area contributed by atoms with Crippen LogP contribution in [0.3, 0.4) is 0 Å². The molecule has 14 heavy (non-hydrogen) atoms. The Hall–Kier alpha value is -0.850. The van der Waals surface area contributed by atoms with Crippen molar-refractivity contribution in [2.24, 2.45) is 0 Å². The molecule has 0 bridgehead atoms. The van der Waals surface area contributed by atoms with Gasteiger partial charge in [-0.25, -0.2) is 0 Å². The average molecular weight is 194 g/mol. The lowest BCUT2D eigenvalue weighted by atomic mass is 10.0. The molecule has 1 heteroatoms. The van der Waals surface area contributed by atoms with Gasteiger partial charge in [-0.15, -0.1) is 0 Å².